The number of nitrogens with one attached hydrogen (secondary N) is 1. The third kappa shape index (κ3) is 3.71. The molecule has 0 aromatic heterocycles. The molecule has 0 unspecified atom stereocenters. The predicted molar refractivity (Wildman–Crippen MR) is 72.8 cm³/mol. The van der Waals surface area contributed by atoms with Gasteiger partial charge in [0, 0.05) is 12.5 Å². The van der Waals surface area contributed by atoms with Gasteiger partial charge in [0.15, 0.2) is 0 Å². The van der Waals surface area contributed by atoms with Crippen LogP contribution >= 0.6 is 0 Å². The van der Waals surface area contributed by atoms with E-state index in [4.69, 9.17) is 0 Å². The molecule has 0 saturated heterocycles. The van der Waals surface area contributed by atoms with Crippen LogP contribution in [0.2, 0.25) is 0 Å². The molecule has 0 aromatic rings. The van der Waals surface area contributed by atoms with Crippen molar-refractivity contribution in [2.75, 3.05) is 0 Å². The van der Waals surface area contributed by atoms with Gasteiger partial charge in [0.2, 0.25) is 5.91 Å². The minimum absolute atomic E-state index is 0.0591. The lowest BCUT2D eigenvalue weighted by molar-refractivity contribution is -0.151. The molecule has 2 rings (SSSR count). The van der Waals surface area contributed by atoms with Gasteiger partial charge in [0.1, 0.15) is 0 Å². The first-order valence-electron chi connectivity index (χ1n) is 7.65. The molecule has 0 radical (unpaired) electrons. The predicted octanol–water partition coefficient (Wildman–Crippen LogP) is 2.86. The average molecular weight is 267 g/mol. The number of carboxylic acids is 1. The van der Waals surface area contributed by atoms with E-state index in [0.717, 1.165) is 25.7 Å². The summed E-state index contributed by atoms with van der Waals surface area (Å²) in [6.45, 7) is 0. The fourth-order valence-electron chi connectivity index (χ4n) is 3.53. The lowest BCUT2D eigenvalue weighted by Gasteiger charge is -2.24. The first-order valence-corrected chi connectivity index (χ1v) is 7.65. The van der Waals surface area contributed by atoms with Crippen LogP contribution in [-0.2, 0) is 9.59 Å². The Morgan fingerprint density at radius 1 is 1.00 bits per heavy atom. The second-order valence-electron chi connectivity index (χ2n) is 6.23. The van der Waals surface area contributed by atoms with Crippen molar-refractivity contribution in [1.82, 2.24) is 5.32 Å². The van der Waals surface area contributed by atoms with E-state index < -0.39 is 11.4 Å². The second-order valence-corrected chi connectivity index (χ2v) is 6.23. The number of amides is 1. The Labute approximate surface area is 115 Å². The van der Waals surface area contributed by atoms with Crippen LogP contribution in [0.15, 0.2) is 0 Å². The summed E-state index contributed by atoms with van der Waals surface area (Å²) in [7, 11) is 0. The van der Waals surface area contributed by atoms with E-state index in [1.807, 2.05) is 0 Å². The van der Waals surface area contributed by atoms with Crippen LogP contribution in [0.3, 0.4) is 0 Å². The Kier molecular flexibility index (Phi) is 4.83. The van der Waals surface area contributed by atoms with Gasteiger partial charge in [-0.25, -0.2) is 0 Å². The number of aliphatic carboxylic acids is 1. The second kappa shape index (κ2) is 6.40. The molecule has 4 heteroatoms. The first kappa shape index (κ1) is 14.4. The molecular weight excluding hydrogens is 242 g/mol. The first-order chi connectivity index (χ1) is 9.12. The molecule has 108 valence electrons. The highest BCUT2D eigenvalue weighted by Gasteiger charge is 2.43. The summed E-state index contributed by atoms with van der Waals surface area (Å²) in [5.74, 6) is -0.850. The molecule has 2 aliphatic carbocycles. The average Bonchev–Trinajstić information content (AvgIpc) is 2.68. The summed E-state index contributed by atoms with van der Waals surface area (Å²) < 4.78 is 0. The molecule has 0 aromatic carbocycles. The quantitative estimate of drug-likeness (QED) is 0.770. The fraction of sp³-hybridized carbons (Fsp3) is 0.867. The lowest BCUT2D eigenvalue weighted by atomic mass is 9.82. The highest BCUT2D eigenvalue weighted by atomic mass is 16.4. The molecule has 2 fully saturated rings. The van der Waals surface area contributed by atoms with E-state index in [0.29, 0.717) is 12.8 Å². The number of hydrogen-bond donors (Lipinski definition) is 2. The fourth-order valence-corrected chi connectivity index (χ4v) is 3.53. The highest BCUT2D eigenvalue weighted by Crippen LogP contribution is 2.41. The van der Waals surface area contributed by atoms with Gasteiger partial charge in [-0.15, -0.1) is 0 Å². The van der Waals surface area contributed by atoms with Crippen LogP contribution in [0.25, 0.3) is 0 Å². The minimum atomic E-state index is -0.791. The SMILES string of the molecule is O=C(CC1(C(=O)O)CCCC1)NC1CCCCCC1. The van der Waals surface area contributed by atoms with E-state index in [-0.39, 0.29) is 18.4 Å². The number of carbonyl (C=O) groups excluding carboxylic acids is 1. The summed E-state index contributed by atoms with van der Waals surface area (Å²) in [5.41, 5.74) is -0.783. The van der Waals surface area contributed by atoms with Crippen molar-refractivity contribution in [2.45, 2.75) is 76.7 Å². The zero-order chi connectivity index (χ0) is 13.7. The van der Waals surface area contributed by atoms with Gasteiger partial charge in [0.05, 0.1) is 5.41 Å². The standard InChI is InChI=1S/C15H25NO3/c17-13(16-12-7-3-1-2-4-8-12)11-15(14(18)19)9-5-6-10-15/h12H,1-11H2,(H,16,17)(H,18,19). The van der Waals surface area contributed by atoms with E-state index in [2.05, 4.69) is 5.32 Å². The Bertz CT molecular complexity index is 326. The van der Waals surface area contributed by atoms with Crippen LogP contribution < -0.4 is 5.32 Å². The maximum Gasteiger partial charge on any atom is 0.310 e. The Hall–Kier alpha value is -1.06. The molecule has 0 bridgehead atoms. The van der Waals surface area contributed by atoms with Crippen molar-refractivity contribution in [3.63, 3.8) is 0 Å². The van der Waals surface area contributed by atoms with Gasteiger partial charge < -0.3 is 10.4 Å². The number of rotatable bonds is 4. The molecule has 2 saturated carbocycles. The zero-order valence-electron chi connectivity index (χ0n) is 11.6. The summed E-state index contributed by atoms with van der Waals surface area (Å²) in [6, 6.07) is 0.266. The summed E-state index contributed by atoms with van der Waals surface area (Å²) in [5, 5.41) is 12.4. The minimum Gasteiger partial charge on any atom is -0.481 e. The van der Waals surface area contributed by atoms with Gasteiger partial charge in [0.25, 0.3) is 0 Å². The van der Waals surface area contributed by atoms with Crippen molar-refractivity contribution in [2.24, 2.45) is 5.41 Å². The molecule has 2 aliphatic rings. The molecule has 1 amide bonds. The summed E-state index contributed by atoms with van der Waals surface area (Å²) in [4.78, 5) is 23.5. The summed E-state index contributed by atoms with van der Waals surface area (Å²) >= 11 is 0. The molecule has 0 heterocycles. The van der Waals surface area contributed by atoms with Crippen molar-refractivity contribution >= 4 is 11.9 Å². The third-order valence-corrected chi connectivity index (χ3v) is 4.73. The van der Waals surface area contributed by atoms with Crippen LogP contribution in [0.4, 0.5) is 0 Å². The van der Waals surface area contributed by atoms with Crippen molar-refractivity contribution in [3.05, 3.63) is 0 Å². The van der Waals surface area contributed by atoms with Crippen LogP contribution in [0.1, 0.15) is 70.6 Å². The van der Waals surface area contributed by atoms with E-state index >= 15 is 0 Å². The Morgan fingerprint density at radius 3 is 2.11 bits per heavy atom. The molecular formula is C15H25NO3. The van der Waals surface area contributed by atoms with Crippen molar-refractivity contribution in [1.29, 1.82) is 0 Å². The van der Waals surface area contributed by atoms with Crippen LogP contribution in [-0.4, -0.2) is 23.0 Å². The van der Waals surface area contributed by atoms with Crippen molar-refractivity contribution < 1.29 is 14.7 Å². The molecule has 4 nitrogen and oxygen atoms in total. The molecule has 0 atom stereocenters. The van der Waals surface area contributed by atoms with Gasteiger partial charge >= 0.3 is 5.97 Å². The molecule has 2 N–H and O–H groups in total. The number of hydrogen-bond acceptors (Lipinski definition) is 2. The van der Waals surface area contributed by atoms with E-state index in [1.54, 1.807) is 0 Å². The Balaban J connectivity index is 1.87. The number of carboxylic acid groups (broad SMARTS) is 1. The van der Waals surface area contributed by atoms with Crippen molar-refractivity contribution in [3.8, 4) is 0 Å². The Morgan fingerprint density at radius 2 is 1.58 bits per heavy atom. The molecule has 0 spiro atoms. The maximum atomic E-state index is 12.1. The lowest BCUT2D eigenvalue weighted by Crippen LogP contribution is -2.40. The van der Waals surface area contributed by atoms with E-state index in [1.165, 1.54) is 25.7 Å². The van der Waals surface area contributed by atoms with Gasteiger partial charge in [-0.3, -0.25) is 9.59 Å². The van der Waals surface area contributed by atoms with Gasteiger partial charge in [-0.2, -0.15) is 0 Å². The highest BCUT2D eigenvalue weighted by molar-refractivity contribution is 5.85. The monoisotopic (exact) mass is 267 g/mol. The smallest absolute Gasteiger partial charge is 0.310 e. The van der Waals surface area contributed by atoms with Crippen LogP contribution in [0, 0.1) is 5.41 Å². The normalized spacial score (nSPS) is 23.8. The van der Waals surface area contributed by atoms with Gasteiger partial charge in [-0.1, -0.05) is 38.5 Å². The number of carbonyl (C=O) groups is 2. The molecule has 19 heavy (non-hydrogen) atoms. The summed E-state index contributed by atoms with van der Waals surface area (Å²) in [6.07, 6.45) is 10.3. The third-order valence-electron chi connectivity index (χ3n) is 4.73. The van der Waals surface area contributed by atoms with Crippen LogP contribution in [0.5, 0.6) is 0 Å². The maximum absolute atomic E-state index is 12.1. The largest absolute Gasteiger partial charge is 0.481 e. The van der Waals surface area contributed by atoms with E-state index in [9.17, 15) is 14.7 Å². The topological polar surface area (TPSA) is 66.4 Å². The molecule has 0 aliphatic heterocycles. The zero-order valence-corrected chi connectivity index (χ0v) is 11.6. The van der Waals surface area contributed by atoms with Gasteiger partial charge in [-0.05, 0) is 25.7 Å².